The normalized spacial score (nSPS) is 12.5. The monoisotopic (exact) mass is 510 g/mol. The third-order valence-corrected chi connectivity index (χ3v) is 5.08. The van der Waals surface area contributed by atoms with Crippen LogP contribution >= 0.6 is 0 Å². The fourth-order valence-corrected chi connectivity index (χ4v) is 3.52. The maximum atomic E-state index is 13.7. The van der Waals surface area contributed by atoms with Crippen molar-refractivity contribution in [3.05, 3.63) is 78.4 Å². The number of alkyl carbamates (subject to hydrolysis) is 1. The Morgan fingerprint density at radius 2 is 1.70 bits per heavy atom. The van der Waals surface area contributed by atoms with Gasteiger partial charge in [-0.05, 0) is 44.0 Å². The summed E-state index contributed by atoms with van der Waals surface area (Å²) >= 11 is 0. The first-order chi connectivity index (χ1) is 17.4. The Hall–Kier alpha value is -4.34. The molecule has 0 aliphatic rings. The van der Waals surface area contributed by atoms with E-state index >= 15 is 0 Å². The van der Waals surface area contributed by atoms with E-state index in [1.807, 2.05) is 30.3 Å². The topological polar surface area (TPSA) is 151 Å². The molecule has 0 fully saturated rings. The lowest BCUT2D eigenvalue weighted by molar-refractivity contribution is -0.142. The number of phenols is 1. The summed E-state index contributed by atoms with van der Waals surface area (Å²) in [6.07, 6.45) is -0.00934. The van der Waals surface area contributed by atoms with Gasteiger partial charge in [0.25, 0.3) is 0 Å². The van der Waals surface area contributed by atoms with E-state index in [0.717, 1.165) is 5.56 Å². The second-order valence-corrected chi connectivity index (χ2v) is 9.35. The lowest BCUT2D eigenvalue weighted by Crippen LogP contribution is -2.54. The van der Waals surface area contributed by atoms with E-state index in [1.54, 1.807) is 20.8 Å². The molecule has 2 atom stereocenters. The molecule has 2 rings (SSSR count). The Labute approximate surface area is 216 Å². The molecule has 0 aliphatic carbocycles. The van der Waals surface area contributed by atoms with E-state index in [2.05, 4.69) is 17.2 Å². The van der Waals surface area contributed by atoms with Crippen molar-refractivity contribution in [2.24, 2.45) is 5.73 Å². The Morgan fingerprint density at radius 3 is 2.24 bits per heavy atom. The van der Waals surface area contributed by atoms with Crippen molar-refractivity contribution in [1.29, 1.82) is 0 Å². The average molecular weight is 511 g/mol. The number of hydrogen-bond donors (Lipinski definition) is 4. The minimum atomic E-state index is -1.39. The molecule has 0 saturated heterocycles. The van der Waals surface area contributed by atoms with Crippen molar-refractivity contribution >= 4 is 23.8 Å². The van der Waals surface area contributed by atoms with Gasteiger partial charge in [0.2, 0.25) is 17.7 Å². The molecular formula is C27H34N4O6. The number of amides is 4. The van der Waals surface area contributed by atoms with Crippen molar-refractivity contribution in [2.45, 2.75) is 51.4 Å². The fourth-order valence-electron chi connectivity index (χ4n) is 3.52. The number of aromatic hydroxyl groups is 1. The number of primary amides is 1. The van der Waals surface area contributed by atoms with E-state index in [4.69, 9.17) is 10.5 Å². The van der Waals surface area contributed by atoms with Gasteiger partial charge < -0.3 is 31.1 Å². The van der Waals surface area contributed by atoms with E-state index in [1.165, 1.54) is 35.2 Å². The van der Waals surface area contributed by atoms with Gasteiger partial charge in [0.1, 0.15) is 23.4 Å². The maximum absolute atomic E-state index is 13.7. The second kappa shape index (κ2) is 13.1. The average Bonchev–Trinajstić information content (AvgIpc) is 2.82. The number of ether oxygens (including phenoxy) is 1. The van der Waals surface area contributed by atoms with Crippen molar-refractivity contribution in [3.8, 4) is 5.75 Å². The number of hydrogen-bond acceptors (Lipinski definition) is 6. The van der Waals surface area contributed by atoms with Gasteiger partial charge in [-0.25, -0.2) is 4.79 Å². The van der Waals surface area contributed by atoms with Crippen LogP contribution in [0.1, 0.15) is 44.4 Å². The second-order valence-electron chi connectivity index (χ2n) is 9.35. The summed E-state index contributed by atoms with van der Waals surface area (Å²) in [6.45, 7) is 8.75. The van der Waals surface area contributed by atoms with Gasteiger partial charge in [0.05, 0.1) is 6.42 Å². The summed E-state index contributed by atoms with van der Waals surface area (Å²) in [5, 5.41) is 15.0. The first-order valence-electron chi connectivity index (χ1n) is 11.7. The van der Waals surface area contributed by atoms with Crippen molar-refractivity contribution in [2.75, 3.05) is 6.54 Å². The number of carbonyl (C=O) groups is 4. The molecule has 5 N–H and O–H groups in total. The Bertz CT molecular complexity index is 1100. The molecule has 2 unspecified atom stereocenters. The molecule has 0 radical (unpaired) electrons. The standard InChI is InChI=1S/C27H34N4O6/c1-5-15-31(25(35)21(16-22(28)33)30-26(36)37-27(2,3)4)23(19-11-13-20(32)14-12-19)24(34)29-17-18-9-7-6-8-10-18/h5-14,21,23,32H,1,15-17H2,2-4H3,(H2,28,33)(H,29,34)(H,30,36). The van der Waals surface area contributed by atoms with E-state index in [-0.39, 0.29) is 18.8 Å². The number of nitrogens with two attached hydrogens (primary N) is 1. The molecular weight excluding hydrogens is 476 g/mol. The molecule has 0 spiro atoms. The summed E-state index contributed by atoms with van der Waals surface area (Å²) < 4.78 is 5.23. The van der Waals surface area contributed by atoms with E-state index in [9.17, 15) is 24.3 Å². The summed E-state index contributed by atoms with van der Waals surface area (Å²) in [6, 6.07) is 12.4. The molecule has 10 heteroatoms. The van der Waals surface area contributed by atoms with Crippen LogP contribution in [-0.4, -0.2) is 52.0 Å². The van der Waals surface area contributed by atoms with Crippen LogP contribution in [0, 0.1) is 0 Å². The van der Waals surface area contributed by atoms with Crippen LogP contribution in [-0.2, 0) is 25.7 Å². The molecule has 0 heterocycles. The third-order valence-electron chi connectivity index (χ3n) is 5.08. The molecule has 0 aliphatic heterocycles. The largest absolute Gasteiger partial charge is 0.508 e. The molecule has 0 saturated carbocycles. The van der Waals surface area contributed by atoms with Crippen LogP contribution in [0.3, 0.4) is 0 Å². The molecule has 2 aromatic rings. The van der Waals surface area contributed by atoms with Gasteiger partial charge in [0.15, 0.2) is 0 Å². The molecule has 0 aromatic heterocycles. The first kappa shape index (κ1) is 28.9. The molecule has 198 valence electrons. The number of benzene rings is 2. The van der Waals surface area contributed by atoms with Crippen molar-refractivity contribution < 1.29 is 29.0 Å². The highest BCUT2D eigenvalue weighted by Crippen LogP contribution is 2.25. The first-order valence-corrected chi connectivity index (χ1v) is 11.7. The smallest absolute Gasteiger partial charge is 0.408 e. The quantitative estimate of drug-likeness (QED) is 0.341. The van der Waals surface area contributed by atoms with Gasteiger partial charge >= 0.3 is 6.09 Å². The highest BCUT2D eigenvalue weighted by molar-refractivity contribution is 5.94. The van der Waals surface area contributed by atoms with Gasteiger partial charge in [-0.3, -0.25) is 14.4 Å². The predicted octanol–water partition coefficient (Wildman–Crippen LogP) is 2.53. The van der Waals surface area contributed by atoms with Crippen molar-refractivity contribution in [3.63, 3.8) is 0 Å². The Kier molecular flexibility index (Phi) is 10.2. The van der Waals surface area contributed by atoms with Crippen LogP contribution in [0.25, 0.3) is 0 Å². The maximum Gasteiger partial charge on any atom is 0.408 e. The Balaban J connectivity index is 2.42. The Morgan fingerprint density at radius 1 is 1.08 bits per heavy atom. The predicted molar refractivity (Wildman–Crippen MR) is 138 cm³/mol. The SMILES string of the molecule is C=CCN(C(=O)C(CC(N)=O)NC(=O)OC(C)(C)C)C(C(=O)NCc1ccccc1)c1ccc(O)cc1. The molecule has 37 heavy (non-hydrogen) atoms. The minimum Gasteiger partial charge on any atom is -0.508 e. The van der Waals surface area contributed by atoms with Crippen LogP contribution < -0.4 is 16.4 Å². The summed E-state index contributed by atoms with van der Waals surface area (Å²) in [5.74, 6) is -2.10. The lowest BCUT2D eigenvalue weighted by atomic mass is 10.0. The van der Waals surface area contributed by atoms with Crippen LogP contribution in [0.15, 0.2) is 67.3 Å². The van der Waals surface area contributed by atoms with Crippen LogP contribution in [0.5, 0.6) is 5.75 Å². The third kappa shape index (κ3) is 9.32. The molecule has 0 bridgehead atoms. The lowest BCUT2D eigenvalue weighted by Gasteiger charge is -2.33. The summed E-state index contributed by atoms with van der Waals surface area (Å²) in [4.78, 5) is 52.5. The number of phenolic OH excluding ortho intramolecular Hbond substituents is 1. The zero-order valence-electron chi connectivity index (χ0n) is 21.3. The zero-order valence-corrected chi connectivity index (χ0v) is 21.3. The highest BCUT2D eigenvalue weighted by Gasteiger charge is 2.36. The van der Waals surface area contributed by atoms with Gasteiger partial charge in [-0.2, -0.15) is 0 Å². The van der Waals surface area contributed by atoms with Crippen LogP contribution in [0.2, 0.25) is 0 Å². The number of rotatable bonds is 11. The molecule has 10 nitrogen and oxygen atoms in total. The van der Waals surface area contributed by atoms with Gasteiger partial charge in [0, 0.05) is 13.1 Å². The fraction of sp³-hybridized carbons (Fsp3) is 0.333. The van der Waals surface area contributed by atoms with E-state index in [0.29, 0.717) is 5.56 Å². The summed E-state index contributed by atoms with van der Waals surface area (Å²) in [7, 11) is 0. The van der Waals surface area contributed by atoms with Crippen LogP contribution in [0.4, 0.5) is 4.79 Å². The van der Waals surface area contributed by atoms with Gasteiger partial charge in [-0.1, -0.05) is 48.5 Å². The van der Waals surface area contributed by atoms with E-state index < -0.39 is 47.9 Å². The highest BCUT2D eigenvalue weighted by atomic mass is 16.6. The van der Waals surface area contributed by atoms with Crippen molar-refractivity contribution in [1.82, 2.24) is 15.5 Å². The number of nitrogens with one attached hydrogen (secondary N) is 2. The molecule has 2 aromatic carbocycles. The summed E-state index contributed by atoms with van der Waals surface area (Å²) in [5.41, 5.74) is 5.75. The van der Waals surface area contributed by atoms with Gasteiger partial charge in [-0.15, -0.1) is 6.58 Å². The number of nitrogens with zero attached hydrogens (tertiary/aromatic N) is 1. The molecule has 4 amide bonds. The zero-order chi connectivity index (χ0) is 27.6. The number of carbonyl (C=O) groups excluding carboxylic acids is 4. The minimum absolute atomic E-state index is 0.0213.